The molecule has 2 nitrogen and oxygen atoms in total. The summed E-state index contributed by atoms with van der Waals surface area (Å²) in [6.45, 7) is 6.22. The number of hydrogen-bond acceptors (Lipinski definition) is 2. The van der Waals surface area contributed by atoms with Gasteiger partial charge in [-0.25, -0.2) is 0 Å². The van der Waals surface area contributed by atoms with E-state index in [0.29, 0.717) is 0 Å². The van der Waals surface area contributed by atoms with Gasteiger partial charge < -0.3 is 5.32 Å². The van der Waals surface area contributed by atoms with Crippen molar-refractivity contribution in [2.24, 2.45) is 11.8 Å². The van der Waals surface area contributed by atoms with Crippen LogP contribution in [-0.2, 0) is 0 Å². The van der Waals surface area contributed by atoms with E-state index in [2.05, 4.69) is 17.1 Å². The summed E-state index contributed by atoms with van der Waals surface area (Å²) >= 11 is 0. The zero-order valence-corrected chi connectivity index (χ0v) is 10.6. The maximum Gasteiger partial charge on any atom is 0.0192 e. The summed E-state index contributed by atoms with van der Waals surface area (Å²) in [6.07, 6.45) is 8.71. The average molecular weight is 222 g/mol. The summed E-state index contributed by atoms with van der Waals surface area (Å²) in [5.41, 5.74) is 0. The van der Waals surface area contributed by atoms with Crippen molar-refractivity contribution < 1.29 is 0 Å². The van der Waals surface area contributed by atoms with Gasteiger partial charge in [0.1, 0.15) is 0 Å². The molecule has 2 aliphatic carbocycles. The van der Waals surface area contributed by atoms with E-state index >= 15 is 0 Å². The van der Waals surface area contributed by atoms with Gasteiger partial charge in [-0.2, -0.15) is 0 Å². The molecular weight excluding hydrogens is 196 g/mol. The van der Waals surface area contributed by atoms with Crippen LogP contribution in [0.4, 0.5) is 0 Å². The Morgan fingerprint density at radius 1 is 1.19 bits per heavy atom. The number of nitrogens with one attached hydrogen (secondary N) is 1. The van der Waals surface area contributed by atoms with Crippen LogP contribution in [0.3, 0.4) is 0 Å². The summed E-state index contributed by atoms with van der Waals surface area (Å²) in [5.74, 6) is 2.14. The molecule has 0 aromatic rings. The van der Waals surface area contributed by atoms with Crippen molar-refractivity contribution in [2.45, 2.75) is 57.5 Å². The summed E-state index contributed by atoms with van der Waals surface area (Å²) in [5, 5.41) is 3.69. The molecule has 0 aromatic carbocycles. The predicted octanol–water partition coefficient (Wildman–Crippen LogP) is 2.25. The normalized spacial score (nSPS) is 33.0. The van der Waals surface area contributed by atoms with Crippen LogP contribution >= 0.6 is 0 Å². The quantitative estimate of drug-likeness (QED) is 0.785. The van der Waals surface area contributed by atoms with E-state index in [0.717, 1.165) is 23.9 Å². The fourth-order valence-electron chi connectivity index (χ4n) is 3.43. The first kappa shape index (κ1) is 11.0. The smallest absolute Gasteiger partial charge is 0.0192 e. The Hall–Kier alpha value is -0.0800. The minimum absolute atomic E-state index is 0.752. The largest absolute Gasteiger partial charge is 0.313 e. The molecule has 16 heavy (non-hydrogen) atoms. The van der Waals surface area contributed by atoms with Gasteiger partial charge in [0, 0.05) is 18.6 Å². The molecular formula is C14H26N2. The number of rotatable bonds is 4. The zero-order valence-electron chi connectivity index (χ0n) is 10.6. The number of nitrogens with zero attached hydrogens (tertiary/aromatic N) is 1. The van der Waals surface area contributed by atoms with Gasteiger partial charge in [-0.3, -0.25) is 4.90 Å². The van der Waals surface area contributed by atoms with Crippen LogP contribution in [0.1, 0.15) is 45.4 Å². The van der Waals surface area contributed by atoms with Crippen LogP contribution in [0.15, 0.2) is 0 Å². The third-order valence-electron chi connectivity index (χ3n) is 4.63. The second-order valence-electron chi connectivity index (χ2n) is 6.07. The molecule has 1 N–H and O–H groups in total. The van der Waals surface area contributed by atoms with Gasteiger partial charge in [0.2, 0.25) is 0 Å². The lowest BCUT2D eigenvalue weighted by Gasteiger charge is -2.32. The molecule has 0 radical (unpaired) electrons. The van der Waals surface area contributed by atoms with Gasteiger partial charge in [-0.1, -0.05) is 6.92 Å². The second kappa shape index (κ2) is 4.66. The van der Waals surface area contributed by atoms with Crippen molar-refractivity contribution in [1.29, 1.82) is 0 Å². The van der Waals surface area contributed by atoms with Gasteiger partial charge in [0.05, 0.1) is 0 Å². The summed E-state index contributed by atoms with van der Waals surface area (Å²) in [4.78, 5) is 2.85. The molecule has 1 unspecified atom stereocenters. The van der Waals surface area contributed by atoms with Gasteiger partial charge in [0.25, 0.3) is 0 Å². The van der Waals surface area contributed by atoms with Crippen LogP contribution in [-0.4, -0.2) is 36.6 Å². The third-order valence-corrected chi connectivity index (χ3v) is 4.63. The van der Waals surface area contributed by atoms with Crippen molar-refractivity contribution in [1.82, 2.24) is 10.2 Å². The van der Waals surface area contributed by atoms with Crippen LogP contribution < -0.4 is 5.32 Å². The second-order valence-corrected chi connectivity index (χ2v) is 6.07. The summed E-state index contributed by atoms with van der Waals surface area (Å²) < 4.78 is 0. The average Bonchev–Trinajstić information content (AvgIpc) is 3.17. The first-order valence-electron chi connectivity index (χ1n) is 7.36. The molecule has 1 atom stereocenters. The molecule has 92 valence electrons. The highest BCUT2D eigenvalue weighted by Crippen LogP contribution is 2.47. The Kier molecular flexibility index (Phi) is 3.21. The van der Waals surface area contributed by atoms with Gasteiger partial charge in [-0.05, 0) is 63.5 Å². The van der Waals surface area contributed by atoms with Crippen molar-refractivity contribution in [3.63, 3.8) is 0 Å². The number of hydrogen-bond donors (Lipinski definition) is 1. The lowest BCUT2D eigenvalue weighted by molar-refractivity contribution is 0.152. The lowest BCUT2D eigenvalue weighted by Crippen LogP contribution is -2.44. The fraction of sp³-hybridized carbons (Fsp3) is 1.00. The van der Waals surface area contributed by atoms with E-state index in [1.54, 1.807) is 0 Å². The molecule has 3 fully saturated rings. The van der Waals surface area contributed by atoms with Crippen molar-refractivity contribution >= 4 is 0 Å². The topological polar surface area (TPSA) is 15.3 Å². The van der Waals surface area contributed by atoms with E-state index in [-0.39, 0.29) is 0 Å². The monoisotopic (exact) mass is 222 g/mol. The molecule has 2 saturated carbocycles. The highest BCUT2D eigenvalue weighted by atomic mass is 15.2. The molecule has 1 aliphatic heterocycles. The lowest BCUT2D eigenvalue weighted by atomic mass is 10.0. The maximum atomic E-state index is 3.69. The molecule has 0 bridgehead atoms. The SMILES string of the molecule is CCC1CN(C(C2CC2)C2CC2)CCCN1. The summed E-state index contributed by atoms with van der Waals surface area (Å²) in [6, 6.07) is 1.72. The van der Waals surface area contributed by atoms with E-state index in [1.807, 2.05) is 0 Å². The molecule has 3 aliphatic rings. The minimum atomic E-state index is 0.752. The summed E-state index contributed by atoms with van der Waals surface area (Å²) in [7, 11) is 0. The van der Waals surface area contributed by atoms with E-state index < -0.39 is 0 Å². The van der Waals surface area contributed by atoms with E-state index in [4.69, 9.17) is 0 Å². The highest BCUT2D eigenvalue weighted by Gasteiger charge is 2.44. The molecule has 0 aromatic heterocycles. The van der Waals surface area contributed by atoms with E-state index in [9.17, 15) is 0 Å². The van der Waals surface area contributed by atoms with Crippen LogP contribution in [0.5, 0.6) is 0 Å². The minimum Gasteiger partial charge on any atom is -0.313 e. The fourth-order valence-corrected chi connectivity index (χ4v) is 3.43. The van der Waals surface area contributed by atoms with E-state index in [1.165, 1.54) is 58.2 Å². The molecule has 0 amide bonds. The molecule has 3 rings (SSSR count). The molecule has 2 heteroatoms. The standard InChI is InChI=1S/C14H26N2/c1-2-13-10-16(9-3-8-15-13)14(11-4-5-11)12-6-7-12/h11-15H,2-10H2,1H3. The van der Waals surface area contributed by atoms with Gasteiger partial charge >= 0.3 is 0 Å². The van der Waals surface area contributed by atoms with Crippen molar-refractivity contribution in [3.8, 4) is 0 Å². The van der Waals surface area contributed by atoms with Crippen molar-refractivity contribution in [2.75, 3.05) is 19.6 Å². The Morgan fingerprint density at radius 3 is 2.44 bits per heavy atom. The Labute approximate surface area is 99.8 Å². The first-order chi connectivity index (χ1) is 7.88. The third kappa shape index (κ3) is 2.43. The van der Waals surface area contributed by atoms with Crippen LogP contribution in [0.2, 0.25) is 0 Å². The Balaban J connectivity index is 1.65. The van der Waals surface area contributed by atoms with Crippen molar-refractivity contribution in [3.05, 3.63) is 0 Å². The van der Waals surface area contributed by atoms with Crippen LogP contribution in [0.25, 0.3) is 0 Å². The predicted molar refractivity (Wildman–Crippen MR) is 67.5 cm³/mol. The Morgan fingerprint density at radius 2 is 1.88 bits per heavy atom. The molecule has 1 heterocycles. The van der Waals surface area contributed by atoms with Crippen LogP contribution in [0, 0.1) is 11.8 Å². The Bertz CT molecular complexity index is 221. The van der Waals surface area contributed by atoms with Gasteiger partial charge in [-0.15, -0.1) is 0 Å². The first-order valence-corrected chi connectivity index (χ1v) is 7.36. The molecule has 0 spiro atoms. The zero-order chi connectivity index (χ0) is 11.0. The highest BCUT2D eigenvalue weighted by molar-refractivity contribution is 4.98. The maximum absolute atomic E-state index is 3.69. The van der Waals surface area contributed by atoms with Gasteiger partial charge in [0.15, 0.2) is 0 Å². The molecule has 1 saturated heterocycles.